The van der Waals surface area contributed by atoms with E-state index >= 15 is 0 Å². The van der Waals surface area contributed by atoms with E-state index in [1.807, 2.05) is 32.1 Å². The molecule has 5 N–H and O–H groups in total. The van der Waals surface area contributed by atoms with Crippen molar-refractivity contribution in [3.63, 3.8) is 0 Å². The second kappa shape index (κ2) is 20.6. The van der Waals surface area contributed by atoms with Gasteiger partial charge in [-0.25, -0.2) is 4.79 Å². The van der Waals surface area contributed by atoms with Crippen molar-refractivity contribution in [1.29, 1.82) is 0 Å². The van der Waals surface area contributed by atoms with Crippen molar-refractivity contribution in [3.8, 4) is 0 Å². The number of aliphatic hydroxyl groups is 5. The average molecular weight is 791 g/mol. The third-order valence-corrected chi connectivity index (χ3v) is 13.4. The largest absolute Gasteiger partial charge is 0.458 e. The van der Waals surface area contributed by atoms with Gasteiger partial charge in [0, 0.05) is 48.0 Å². The van der Waals surface area contributed by atoms with E-state index in [1.54, 1.807) is 20.8 Å². The van der Waals surface area contributed by atoms with E-state index < -0.39 is 89.0 Å². The van der Waals surface area contributed by atoms with Crippen molar-refractivity contribution in [2.75, 3.05) is 0 Å². The average Bonchev–Trinajstić information content (AvgIpc) is 3.16. The molecule has 18 atom stereocenters. The summed E-state index contributed by atoms with van der Waals surface area (Å²) in [6.45, 7) is 19.1. The molecule has 0 unspecified atom stereocenters. The third kappa shape index (κ3) is 11.5. The molecule has 0 radical (unpaired) electrons. The van der Waals surface area contributed by atoms with Crippen molar-refractivity contribution in [1.82, 2.24) is 0 Å². The Morgan fingerprint density at radius 1 is 0.839 bits per heavy atom. The Kier molecular flexibility index (Phi) is 17.7. The molecule has 2 bridgehead atoms. The molecule has 3 rings (SSSR count). The van der Waals surface area contributed by atoms with Gasteiger partial charge in [0.25, 0.3) is 0 Å². The monoisotopic (exact) mass is 791 g/mol. The number of esters is 1. The molecule has 3 aliphatic rings. The van der Waals surface area contributed by atoms with Crippen LogP contribution in [-0.2, 0) is 28.6 Å². The summed E-state index contributed by atoms with van der Waals surface area (Å²) >= 11 is 0. The van der Waals surface area contributed by atoms with Crippen LogP contribution in [0.2, 0.25) is 0 Å². The Labute approximate surface area is 336 Å². The molecule has 3 aliphatic heterocycles. The lowest BCUT2D eigenvalue weighted by Crippen LogP contribution is -2.62. The molecule has 0 aromatic carbocycles. The van der Waals surface area contributed by atoms with E-state index in [1.165, 1.54) is 39.8 Å². The van der Waals surface area contributed by atoms with Crippen molar-refractivity contribution in [2.24, 2.45) is 53.3 Å². The van der Waals surface area contributed by atoms with E-state index in [-0.39, 0.29) is 35.9 Å². The fourth-order valence-electron chi connectivity index (χ4n) is 9.01. The standard InChI is InChI=1S/C45H74O11/c1-12-34-17-15-13-14-16-27(4)42(51)44(11,53)43(52)32(9)40(50)31(8)39(49)30(7)38(48)26(3)18-21-37(47)54-41-29(6)35(20-19-34)55-45(33(41)10)23-22-25(2)36(56-45)24-28(5)46/h13-15,17-18,21,25-36,38,40-42,46,48,50-51,53H,12,16,19-20,22-24H2,1-11H3/b14-13+,17-15-,21-18+/t25-,26+,27-,28-,29+,30+,31+,32+,33+,34+,35+,36-,38+,40+,41-,42-,44-,45-/m0/s1. The summed E-state index contributed by atoms with van der Waals surface area (Å²) in [6.07, 6.45) is 9.62. The van der Waals surface area contributed by atoms with Crippen LogP contribution in [0, 0.1) is 53.3 Å². The molecule has 1 spiro atoms. The molecule has 0 saturated carbocycles. The summed E-state index contributed by atoms with van der Waals surface area (Å²) in [5.41, 5.74) is -2.18. The van der Waals surface area contributed by atoms with Gasteiger partial charge in [-0.3, -0.25) is 9.59 Å². The molecule has 2 saturated heterocycles. The summed E-state index contributed by atoms with van der Waals surface area (Å²) in [5.74, 6) is -7.28. The highest BCUT2D eigenvalue weighted by Crippen LogP contribution is 2.49. The van der Waals surface area contributed by atoms with Crippen LogP contribution in [0.5, 0.6) is 0 Å². The predicted octanol–water partition coefficient (Wildman–Crippen LogP) is 5.88. The SMILES string of the molecule is CC[C@@H]1/C=C\C=C\C[C@H](C)[C@H](O)[C@](C)(O)C(=O)[C@H](C)[C@H](O)[C@H](C)C(=O)[C@H](C)[C@H](O)[C@H](C)/C=C/C(=O)O[C@H]2[C@H](C)[C@@H](CC1)O[C@]1(CC[C@H](C)[C@H](C[C@H](C)O)O1)[C@@H]2C. The maximum atomic E-state index is 13.5. The van der Waals surface area contributed by atoms with Crippen LogP contribution in [0.1, 0.15) is 121 Å². The van der Waals surface area contributed by atoms with Crippen LogP contribution in [0.25, 0.3) is 0 Å². The molecule has 0 aromatic heterocycles. The predicted molar refractivity (Wildman–Crippen MR) is 215 cm³/mol. The fraction of sp³-hybridized carbons (Fsp3) is 0.800. The number of carbonyl (C=O) groups is 3. The highest BCUT2D eigenvalue weighted by molar-refractivity contribution is 5.91. The molecule has 2 fully saturated rings. The van der Waals surface area contributed by atoms with Crippen molar-refractivity contribution in [3.05, 3.63) is 36.5 Å². The minimum atomic E-state index is -2.18. The highest BCUT2D eigenvalue weighted by atomic mass is 16.7. The molecule has 56 heavy (non-hydrogen) atoms. The van der Waals surface area contributed by atoms with Crippen LogP contribution in [-0.4, -0.2) is 97.2 Å². The van der Waals surface area contributed by atoms with E-state index in [0.717, 1.165) is 19.3 Å². The van der Waals surface area contributed by atoms with Gasteiger partial charge in [-0.15, -0.1) is 0 Å². The first-order chi connectivity index (χ1) is 26.1. The van der Waals surface area contributed by atoms with Crippen molar-refractivity contribution in [2.45, 2.75) is 175 Å². The fourth-order valence-corrected chi connectivity index (χ4v) is 9.01. The van der Waals surface area contributed by atoms with Gasteiger partial charge in [0.05, 0.1) is 36.6 Å². The van der Waals surface area contributed by atoms with Crippen LogP contribution in [0.15, 0.2) is 36.5 Å². The molecule has 320 valence electrons. The number of hydrogen-bond donors (Lipinski definition) is 5. The van der Waals surface area contributed by atoms with Gasteiger partial charge in [0.1, 0.15) is 17.5 Å². The summed E-state index contributed by atoms with van der Waals surface area (Å²) < 4.78 is 20.0. The molecular formula is C45H74O11. The number of ether oxygens (including phenoxy) is 3. The zero-order chi connectivity index (χ0) is 42.3. The summed E-state index contributed by atoms with van der Waals surface area (Å²) in [4.78, 5) is 40.5. The number of carbonyl (C=O) groups excluding carboxylic acids is 3. The van der Waals surface area contributed by atoms with E-state index in [9.17, 15) is 39.9 Å². The molecule has 11 nitrogen and oxygen atoms in total. The first-order valence-electron chi connectivity index (χ1n) is 21.2. The molecule has 11 heteroatoms. The topological polar surface area (TPSA) is 180 Å². The van der Waals surface area contributed by atoms with Gasteiger partial charge in [0.2, 0.25) is 0 Å². The first-order valence-corrected chi connectivity index (χ1v) is 21.2. The smallest absolute Gasteiger partial charge is 0.330 e. The van der Waals surface area contributed by atoms with E-state index in [4.69, 9.17) is 14.2 Å². The number of hydrogen-bond acceptors (Lipinski definition) is 11. The third-order valence-electron chi connectivity index (χ3n) is 13.4. The summed E-state index contributed by atoms with van der Waals surface area (Å²) in [5, 5.41) is 55.0. The lowest BCUT2D eigenvalue weighted by molar-refractivity contribution is -0.371. The van der Waals surface area contributed by atoms with Crippen LogP contribution in [0.3, 0.4) is 0 Å². The Hall–Kier alpha value is -2.25. The number of aliphatic hydroxyl groups excluding tert-OH is 4. The Bertz CT molecular complexity index is 1390. The van der Waals surface area contributed by atoms with Crippen molar-refractivity contribution >= 4 is 17.5 Å². The minimum absolute atomic E-state index is 0.168. The van der Waals surface area contributed by atoms with Gasteiger partial charge in [-0.2, -0.15) is 0 Å². The second-order valence-corrected chi connectivity index (χ2v) is 18.0. The van der Waals surface area contributed by atoms with Gasteiger partial charge in [-0.05, 0) is 70.1 Å². The van der Waals surface area contributed by atoms with Crippen LogP contribution >= 0.6 is 0 Å². The van der Waals surface area contributed by atoms with Crippen LogP contribution in [0.4, 0.5) is 0 Å². The number of allylic oxidation sites excluding steroid dienone is 4. The summed E-state index contributed by atoms with van der Waals surface area (Å²) in [7, 11) is 0. The molecule has 0 aromatic rings. The molecular weight excluding hydrogens is 716 g/mol. The number of fused-ring (bicyclic) bond motifs is 2. The summed E-state index contributed by atoms with van der Waals surface area (Å²) in [6, 6.07) is 0. The van der Waals surface area contributed by atoms with E-state index in [0.29, 0.717) is 25.7 Å². The molecule has 3 heterocycles. The maximum Gasteiger partial charge on any atom is 0.330 e. The van der Waals surface area contributed by atoms with E-state index in [2.05, 4.69) is 19.9 Å². The first kappa shape index (κ1) is 48.1. The lowest BCUT2D eigenvalue weighted by atomic mass is 9.74. The van der Waals surface area contributed by atoms with Gasteiger partial charge in [-0.1, -0.05) is 92.7 Å². The normalized spacial score (nSPS) is 46.8. The Morgan fingerprint density at radius 2 is 1.48 bits per heavy atom. The minimum Gasteiger partial charge on any atom is -0.458 e. The molecule has 0 amide bonds. The van der Waals surface area contributed by atoms with Gasteiger partial charge in [0.15, 0.2) is 11.6 Å². The Morgan fingerprint density at radius 3 is 2.11 bits per heavy atom. The highest BCUT2D eigenvalue weighted by Gasteiger charge is 2.56. The lowest BCUT2D eigenvalue weighted by Gasteiger charge is -2.55. The zero-order valence-electron chi connectivity index (χ0n) is 35.8. The second-order valence-electron chi connectivity index (χ2n) is 18.0. The van der Waals surface area contributed by atoms with Gasteiger partial charge >= 0.3 is 5.97 Å². The van der Waals surface area contributed by atoms with Crippen LogP contribution < -0.4 is 0 Å². The number of Topliss-reactive ketones (excluding diaryl/α,β-unsaturated/α-hetero) is 2. The van der Waals surface area contributed by atoms with Gasteiger partial charge < -0.3 is 39.7 Å². The van der Waals surface area contributed by atoms with Crippen molar-refractivity contribution < 1.29 is 54.1 Å². The Balaban J connectivity index is 1.99. The number of ketones is 2. The number of rotatable bonds is 3. The quantitative estimate of drug-likeness (QED) is 0.216. The zero-order valence-corrected chi connectivity index (χ0v) is 35.8. The molecule has 0 aliphatic carbocycles. The maximum absolute atomic E-state index is 13.5.